The Kier molecular flexibility index (Phi) is 5.42. The van der Waals surface area contributed by atoms with Crippen LogP contribution >= 0.6 is 11.6 Å². The highest BCUT2D eigenvalue weighted by molar-refractivity contribution is 7.93. The molecule has 0 atom stereocenters. The van der Waals surface area contributed by atoms with Crippen molar-refractivity contribution in [3.63, 3.8) is 0 Å². The lowest BCUT2D eigenvalue weighted by atomic mass is 10.2. The number of halogens is 1. The lowest BCUT2D eigenvalue weighted by molar-refractivity contribution is 0.468. The summed E-state index contributed by atoms with van der Waals surface area (Å²) in [6, 6.07) is 4.79. The Morgan fingerprint density at radius 3 is 2.35 bits per heavy atom. The third-order valence-corrected chi connectivity index (χ3v) is 6.02. The first-order valence-electron chi connectivity index (χ1n) is 5.67. The highest BCUT2D eigenvalue weighted by Crippen LogP contribution is 2.21. The Morgan fingerprint density at radius 2 is 1.80 bits per heavy atom. The zero-order valence-electron chi connectivity index (χ0n) is 11.2. The molecule has 2 N–H and O–H groups in total. The van der Waals surface area contributed by atoms with Gasteiger partial charge in [0, 0.05) is 30.6 Å². The predicted molar refractivity (Wildman–Crippen MR) is 80.8 cm³/mol. The fraction of sp³-hybridized carbons (Fsp3) is 0.455. The van der Waals surface area contributed by atoms with Crippen molar-refractivity contribution in [2.24, 2.45) is 0 Å². The summed E-state index contributed by atoms with van der Waals surface area (Å²) in [7, 11) is -5.62. The minimum Gasteiger partial charge on any atom is -0.399 e. The quantitative estimate of drug-likeness (QED) is 0.770. The van der Waals surface area contributed by atoms with Crippen molar-refractivity contribution in [3.05, 3.63) is 28.8 Å². The summed E-state index contributed by atoms with van der Waals surface area (Å²) in [6.07, 6.45) is 0.997. The SMILES string of the molecule is CN(Cc1cc(N)ccc1Cl)S(=O)(=O)CCS(C)(=O)=O. The van der Waals surface area contributed by atoms with Crippen molar-refractivity contribution in [1.29, 1.82) is 0 Å². The van der Waals surface area contributed by atoms with Crippen LogP contribution in [0.2, 0.25) is 5.02 Å². The predicted octanol–water partition coefficient (Wildman–Crippen LogP) is 0.728. The van der Waals surface area contributed by atoms with Gasteiger partial charge in [0.1, 0.15) is 9.84 Å². The molecule has 0 saturated carbocycles. The number of sulfonamides is 1. The Morgan fingerprint density at radius 1 is 1.20 bits per heavy atom. The maximum Gasteiger partial charge on any atom is 0.215 e. The van der Waals surface area contributed by atoms with Crippen LogP contribution in [0.5, 0.6) is 0 Å². The van der Waals surface area contributed by atoms with Gasteiger partial charge in [-0.1, -0.05) is 11.6 Å². The molecule has 1 rings (SSSR count). The molecule has 0 bridgehead atoms. The molecule has 0 unspecified atom stereocenters. The number of rotatable bonds is 6. The fourth-order valence-corrected chi connectivity index (χ4v) is 4.34. The van der Waals surface area contributed by atoms with E-state index in [1.807, 2.05) is 0 Å². The number of anilines is 1. The fourth-order valence-electron chi connectivity index (χ4n) is 1.47. The van der Waals surface area contributed by atoms with E-state index in [0.29, 0.717) is 16.3 Å². The highest BCUT2D eigenvalue weighted by atomic mass is 35.5. The number of benzene rings is 1. The van der Waals surface area contributed by atoms with Gasteiger partial charge in [-0.15, -0.1) is 0 Å². The molecule has 0 spiro atoms. The van der Waals surface area contributed by atoms with E-state index in [1.165, 1.54) is 7.05 Å². The molecule has 0 aliphatic heterocycles. The maximum atomic E-state index is 12.0. The standard InChI is InChI=1S/C11H17ClN2O4S2/c1-14(20(17,18)6-5-19(2,15)16)8-9-7-10(13)3-4-11(9)12/h3-4,7H,5-6,8,13H2,1-2H3. The number of hydrogen-bond donors (Lipinski definition) is 1. The molecule has 0 saturated heterocycles. The van der Waals surface area contributed by atoms with Gasteiger partial charge in [0.2, 0.25) is 10.0 Å². The van der Waals surface area contributed by atoms with E-state index in [1.54, 1.807) is 18.2 Å². The molecule has 0 amide bonds. The number of hydrogen-bond acceptors (Lipinski definition) is 5. The van der Waals surface area contributed by atoms with Gasteiger partial charge in [0.15, 0.2) is 0 Å². The minimum absolute atomic E-state index is 0.0377. The van der Waals surface area contributed by atoms with Crippen LogP contribution in [0.4, 0.5) is 5.69 Å². The Balaban J connectivity index is 2.84. The molecule has 0 heterocycles. The van der Waals surface area contributed by atoms with E-state index >= 15 is 0 Å². The maximum absolute atomic E-state index is 12.0. The first-order valence-corrected chi connectivity index (χ1v) is 9.72. The van der Waals surface area contributed by atoms with E-state index in [9.17, 15) is 16.8 Å². The van der Waals surface area contributed by atoms with Crippen LogP contribution in [0.1, 0.15) is 5.56 Å². The minimum atomic E-state index is -3.67. The monoisotopic (exact) mass is 340 g/mol. The average molecular weight is 341 g/mol. The molecule has 20 heavy (non-hydrogen) atoms. The van der Waals surface area contributed by atoms with E-state index in [2.05, 4.69) is 0 Å². The molecule has 1 aromatic carbocycles. The summed E-state index contributed by atoms with van der Waals surface area (Å²) in [6.45, 7) is 0.0377. The molecule has 0 radical (unpaired) electrons. The van der Waals surface area contributed by atoms with Gasteiger partial charge < -0.3 is 5.73 Å². The topological polar surface area (TPSA) is 97.5 Å². The zero-order valence-corrected chi connectivity index (χ0v) is 13.6. The normalized spacial score (nSPS) is 12.8. The van der Waals surface area contributed by atoms with E-state index in [4.69, 9.17) is 17.3 Å². The van der Waals surface area contributed by atoms with Crippen LogP contribution in [0.3, 0.4) is 0 Å². The second-order valence-corrected chi connectivity index (χ2v) is 9.42. The van der Waals surface area contributed by atoms with Crippen LogP contribution in [-0.4, -0.2) is 45.9 Å². The van der Waals surface area contributed by atoms with Crippen LogP contribution < -0.4 is 5.73 Å². The van der Waals surface area contributed by atoms with E-state index < -0.39 is 31.4 Å². The Labute approximate surface area is 124 Å². The Hall–Kier alpha value is -0.830. The van der Waals surface area contributed by atoms with E-state index in [0.717, 1.165) is 10.6 Å². The molecule has 6 nitrogen and oxygen atoms in total. The average Bonchev–Trinajstić information content (AvgIpc) is 2.30. The number of nitrogen functional groups attached to an aromatic ring is 1. The Bertz CT molecular complexity index is 686. The summed E-state index contributed by atoms with van der Waals surface area (Å²) in [4.78, 5) is 0. The van der Waals surface area contributed by atoms with Gasteiger partial charge in [-0.2, -0.15) is 0 Å². The first-order chi connectivity index (χ1) is 9.01. The largest absolute Gasteiger partial charge is 0.399 e. The third-order valence-electron chi connectivity index (χ3n) is 2.65. The lowest BCUT2D eigenvalue weighted by Gasteiger charge is -2.18. The van der Waals surface area contributed by atoms with Gasteiger partial charge in [0.05, 0.1) is 11.5 Å². The first kappa shape index (κ1) is 17.2. The highest BCUT2D eigenvalue weighted by Gasteiger charge is 2.21. The summed E-state index contributed by atoms with van der Waals surface area (Å²) in [5, 5.41) is 0.407. The zero-order chi connectivity index (χ0) is 15.6. The van der Waals surface area contributed by atoms with Crippen molar-refractivity contribution in [2.75, 3.05) is 30.5 Å². The lowest BCUT2D eigenvalue weighted by Crippen LogP contribution is -2.31. The van der Waals surface area contributed by atoms with Crippen LogP contribution in [0.15, 0.2) is 18.2 Å². The molecular formula is C11H17ClN2O4S2. The van der Waals surface area contributed by atoms with Gasteiger partial charge in [0.25, 0.3) is 0 Å². The van der Waals surface area contributed by atoms with Crippen molar-refractivity contribution in [3.8, 4) is 0 Å². The smallest absolute Gasteiger partial charge is 0.215 e. The molecule has 114 valence electrons. The molecule has 0 aromatic heterocycles. The van der Waals surface area contributed by atoms with Gasteiger partial charge in [-0.05, 0) is 23.8 Å². The van der Waals surface area contributed by atoms with Crippen LogP contribution in [0.25, 0.3) is 0 Å². The van der Waals surface area contributed by atoms with Gasteiger partial charge in [-0.3, -0.25) is 0 Å². The second-order valence-electron chi connectivity index (χ2n) is 4.55. The summed E-state index contributed by atoms with van der Waals surface area (Å²) >= 11 is 5.97. The van der Waals surface area contributed by atoms with Crippen LogP contribution in [0, 0.1) is 0 Å². The van der Waals surface area contributed by atoms with Crippen molar-refractivity contribution < 1.29 is 16.8 Å². The summed E-state index contributed by atoms with van der Waals surface area (Å²) in [5.41, 5.74) is 6.67. The summed E-state index contributed by atoms with van der Waals surface area (Å²) < 4.78 is 47.1. The molecule has 1 aromatic rings. The van der Waals surface area contributed by atoms with E-state index in [-0.39, 0.29) is 6.54 Å². The van der Waals surface area contributed by atoms with Gasteiger partial charge >= 0.3 is 0 Å². The molecule has 0 aliphatic carbocycles. The number of nitrogens with two attached hydrogens (primary N) is 1. The van der Waals surface area contributed by atoms with Crippen molar-refractivity contribution in [1.82, 2.24) is 4.31 Å². The molecule has 0 aliphatic rings. The summed E-state index contributed by atoms with van der Waals surface area (Å²) in [5.74, 6) is -0.868. The third kappa shape index (κ3) is 5.28. The van der Waals surface area contributed by atoms with Gasteiger partial charge in [-0.25, -0.2) is 21.1 Å². The number of sulfone groups is 1. The van der Waals surface area contributed by atoms with Crippen LogP contribution in [-0.2, 0) is 26.4 Å². The molecular weight excluding hydrogens is 324 g/mol. The second kappa shape index (κ2) is 6.30. The van der Waals surface area contributed by atoms with Crippen molar-refractivity contribution >= 4 is 37.1 Å². The molecule has 9 heteroatoms. The number of nitrogens with zero attached hydrogens (tertiary/aromatic N) is 1. The molecule has 0 fully saturated rings. The van der Waals surface area contributed by atoms with Crippen molar-refractivity contribution in [2.45, 2.75) is 6.54 Å².